The zero-order chi connectivity index (χ0) is 21.4. The van der Waals surface area contributed by atoms with Crippen molar-refractivity contribution in [2.24, 2.45) is 0 Å². The summed E-state index contributed by atoms with van der Waals surface area (Å²) in [5.74, 6) is -1.82. The summed E-state index contributed by atoms with van der Waals surface area (Å²) in [4.78, 5) is 24.0. The maximum atomic E-state index is 12.9. The Bertz CT molecular complexity index is 848. The van der Waals surface area contributed by atoms with Gasteiger partial charge in [-0.1, -0.05) is 29.8 Å². The summed E-state index contributed by atoms with van der Waals surface area (Å²) in [6.45, 7) is 1.74. The minimum atomic E-state index is -0.797. The summed E-state index contributed by atoms with van der Waals surface area (Å²) in [7, 11) is 0. The number of phenolic OH excluding ortho intramolecular Hbond substituents is 2. The lowest BCUT2D eigenvalue weighted by Gasteiger charge is -2.19. The van der Waals surface area contributed by atoms with E-state index in [1.165, 1.54) is 6.92 Å². The second kappa shape index (κ2) is 10.7. The molecule has 1 atom stereocenters. The zero-order valence-electron chi connectivity index (χ0n) is 16.2. The number of esters is 1. The number of hydrogen-bond acceptors (Lipinski definition) is 6. The highest BCUT2D eigenvalue weighted by atomic mass is 35.5. The Morgan fingerprint density at radius 2 is 2.00 bits per heavy atom. The van der Waals surface area contributed by atoms with Gasteiger partial charge in [0.05, 0.1) is 5.02 Å². The Morgan fingerprint density at radius 3 is 2.72 bits per heavy atom. The first kappa shape index (κ1) is 22.5. The van der Waals surface area contributed by atoms with Crippen molar-refractivity contribution in [1.29, 1.82) is 5.41 Å². The molecule has 0 aromatic heterocycles. The molecular formula is C21H25ClN2O5. The van der Waals surface area contributed by atoms with Crippen molar-refractivity contribution in [2.45, 2.75) is 45.1 Å². The van der Waals surface area contributed by atoms with Gasteiger partial charge in [-0.3, -0.25) is 4.79 Å². The van der Waals surface area contributed by atoms with Gasteiger partial charge in [0.1, 0.15) is 23.2 Å². The fraction of sp³-hybridized carbons (Fsp3) is 0.381. The zero-order valence-corrected chi connectivity index (χ0v) is 17.0. The molecule has 0 radical (unpaired) electrons. The van der Waals surface area contributed by atoms with Crippen molar-refractivity contribution >= 4 is 29.2 Å². The monoisotopic (exact) mass is 420 g/mol. The molecule has 0 bridgehead atoms. The number of amides is 1. The molecule has 8 heteroatoms. The normalized spacial score (nSPS) is 20.1. The van der Waals surface area contributed by atoms with Gasteiger partial charge in [0.2, 0.25) is 5.91 Å². The quantitative estimate of drug-likeness (QED) is 0.439. The molecule has 0 fully saturated rings. The largest absolute Gasteiger partial charge is 0.507 e. The van der Waals surface area contributed by atoms with Crippen molar-refractivity contribution in [3.8, 4) is 11.5 Å². The smallest absolute Gasteiger partial charge is 0.342 e. The van der Waals surface area contributed by atoms with E-state index in [1.54, 1.807) is 6.08 Å². The van der Waals surface area contributed by atoms with E-state index in [2.05, 4.69) is 5.32 Å². The summed E-state index contributed by atoms with van der Waals surface area (Å²) in [6, 6.07) is 0.983. The minimum absolute atomic E-state index is 0.0475. The lowest BCUT2D eigenvalue weighted by molar-refractivity contribution is -0.119. The molecular weight excluding hydrogens is 396 g/mol. The number of carbonyl (C=O) groups is 2. The Hall–Kier alpha value is -2.80. The molecule has 0 aliphatic carbocycles. The van der Waals surface area contributed by atoms with Crippen molar-refractivity contribution in [2.75, 3.05) is 6.54 Å². The number of ether oxygens (including phenoxy) is 1. The molecule has 1 aromatic carbocycles. The van der Waals surface area contributed by atoms with Crippen LogP contribution >= 0.6 is 11.6 Å². The topological polar surface area (TPSA) is 120 Å². The van der Waals surface area contributed by atoms with Gasteiger partial charge in [0.15, 0.2) is 0 Å². The third-order valence-corrected chi connectivity index (χ3v) is 4.81. The van der Waals surface area contributed by atoms with Gasteiger partial charge in [-0.15, -0.1) is 0 Å². The summed E-state index contributed by atoms with van der Waals surface area (Å²) >= 11 is 6.17. The number of hydrogen-bond donors (Lipinski definition) is 4. The SMILES string of the molecule is CC(=O)NCCC1C/C=C/CC/C=C/C(=N)Cc2c(Cl)c(O)cc(O)c2C(=O)O1. The second-order valence-electron chi connectivity index (χ2n) is 6.77. The third-order valence-electron chi connectivity index (χ3n) is 4.39. The van der Waals surface area contributed by atoms with Crippen LogP contribution in [0.4, 0.5) is 0 Å². The first-order chi connectivity index (χ1) is 13.8. The highest BCUT2D eigenvalue weighted by Gasteiger charge is 2.26. The molecule has 7 nitrogen and oxygen atoms in total. The summed E-state index contributed by atoms with van der Waals surface area (Å²) in [6.07, 6.45) is 9.12. The first-order valence-electron chi connectivity index (χ1n) is 9.37. The van der Waals surface area contributed by atoms with E-state index in [1.807, 2.05) is 18.2 Å². The van der Waals surface area contributed by atoms with Crippen molar-refractivity contribution < 1.29 is 24.5 Å². The van der Waals surface area contributed by atoms with E-state index in [0.717, 1.165) is 18.9 Å². The van der Waals surface area contributed by atoms with Gasteiger partial charge in [-0.05, 0) is 24.5 Å². The van der Waals surface area contributed by atoms with Crippen molar-refractivity contribution in [1.82, 2.24) is 5.32 Å². The number of phenols is 2. The molecule has 29 heavy (non-hydrogen) atoms. The van der Waals surface area contributed by atoms with Crippen LogP contribution in [0.25, 0.3) is 0 Å². The fourth-order valence-electron chi connectivity index (χ4n) is 2.96. The predicted molar refractivity (Wildman–Crippen MR) is 111 cm³/mol. The van der Waals surface area contributed by atoms with Crippen LogP contribution in [0, 0.1) is 5.41 Å². The molecule has 1 aromatic rings. The molecule has 2 rings (SSSR count). The molecule has 156 valence electrons. The Morgan fingerprint density at radius 1 is 1.28 bits per heavy atom. The number of benzene rings is 1. The summed E-state index contributed by atoms with van der Waals surface area (Å²) in [5, 5.41) is 30.9. The van der Waals surface area contributed by atoms with Crippen LogP contribution in [0.2, 0.25) is 5.02 Å². The van der Waals surface area contributed by atoms with Gasteiger partial charge < -0.3 is 25.7 Å². The number of rotatable bonds is 3. The van der Waals surface area contributed by atoms with Crippen LogP contribution in [0.3, 0.4) is 0 Å². The number of aromatic hydroxyl groups is 2. The molecule has 1 unspecified atom stereocenters. The van der Waals surface area contributed by atoms with Crippen molar-refractivity contribution in [3.63, 3.8) is 0 Å². The van der Waals surface area contributed by atoms with Gasteiger partial charge >= 0.3 is 5.97 Å². The maximum Gasteiger partial charge on any atom is 0.342 e. The molecule has 1 aliphatic rings. The Balaban J connectivity index is 2.39. The lowest BCUT2D eigenvalue weighted by Crippen LogP contribution is -2.27. The molecule has 4 N–H and O–H groups in total. The Labute approximate surface area is 174 Å². The summed E-state index contributed by atoms with van der Waals surface area (Å²) < 4.78 is 5.58. The van der Waals surface area contributed by atoms with E-state index < -0.39 is 17.8 Å². The van der Waals surface area contributed by atoms with Gasteiger partial charge in [-0.25, -0.2) is 4.79 Å². The number of carbonyl (C=O) groups excluding carboxylic acids is 2. The van der Waals surface area contributed by atoms with E-state index >= 15 is 0 Å². The number of cyclic esters (lactones) is 1. The van der Waals surface area contributed by atoms with E-state index in [-0.39, 0.29) is 39.9 Å². The highest BCUT2D eigenvalue weighted by Crippen LogP contribution is 2.37. The molecule has 0 saturated carbocycles. The van der Waals surface area contributed by atoms with E-state index in [0.29, 0.717) is 19.4 Å². The summed E-state index contributed by atoms with van der Waals surface area (Å²) in [5.41, 5.74) is 0.141. The molecule has 0 spiro atoms. The predicted octanol–water partition coefficient (Wildman–Crippen LogP) is 3.66. The molecule has 1 heterocycles. The molecule has 1 aliphatic heterocycles. The molecule has 0 saturated heterocycles. The molecule has 1 amide bonds. The van der Waals surface area contributed by atoms with Crippen LogP contribution in [0.5, 0.6) is 11.5 Å². The average molecular weight is 421 g/mol. The van der Waals surface area contributed by atoms with Gasteiger partial charge in [0, 0.05) is 44.5 Å². The van der Waals surface area contributed by atoms with Gasteiger partial charge in [-0.2, -0.15) is 0 Å². The average Bonchev–Trinajstić information content (AvgIpc) is 2.63. The van der Waals surface area contributed by atoms with Crippen LogP contribution in [0.1, 0.15) is 48.5 Å². The fourth-order valence-corrected chi connectivity index (χ4v) is 3.17. The van der Waals surface area contributed by atoms with Gasteiger partial charge in [0.25, 0.3) is 0 Å². The minimum Gasteiger partial charge on any atom is -0.507 e. The maximum absolute atomic E-state index is 12.9. The van der Waals surface area contributed by atoms with E-state index in [4.69, 9.17) is 21.7 Å². The number of halogens is 1. The second-order valence-corrected chi connectivity index (χ2v) is 7.15. The van der Waals surface area contributed by atoms with Crippen LogP contribution in [-0.2, 0) is 16.0 Å². The van der Waals surface area contributed by atoms with Crippen LogP contribution < -0.4 is 5.32 Å². The first-order valence-corrected chi connectivity index (χ1v) is 9.75. The van der Waals surface area contributed by atoms with Crippen LogP contribution in [0.15, 0.2) is 30.4 Å². The van der Waals surface area contributed by atoms with E-state index in [9.17, 15) is 19.8 Å². The third kappa shape index (κ3) is 6.64. The number of allylic oxidation sites excluding steroid dienone is 3. The highest BCUT2D eigenvalue weighted by molar-refractivity contribution is 6.33. The number of nitrogens with one attached hydrogen (secondary N) is 2. The number of fused-ring (bicyclic) bond motifs is 1. The van der Waals surface area contributed by atoms with Crippen molar-refractivity contribution in [3.05, 3.63) is 46.5 Å². The van der Waals surface area contributed by atoms with Crippen LogP contribution in [-0.4, -0.2) is 40.4 Å². The Kier molecular flexibility index (Phi) is 8.27. The standard InChI is InChI=1S/C21H25ClN2O5/c1-13(25)24-10-9-15-8-6-4-2-3-5-7-14(23)11-16-19(21(28)29-15)17(26)12-18(27)20(16)22/h4-7,12,15,23,26-27H,2-3,8-11H2,1H3,(H,24,25)/b6-4+,7-5+,23-14?. The lowest BCUT2D eigenvalue weighted by atomic mass is 9.99.